The van der Waals surface area contributed by atoms with Gasteiger partial charge >= 0.3 is 0 Å². The second kappa shape index (κ2) is 8.93. The molecular formula is C19H24N6O3S. The number of anilines is 1. The van der Waals surface area contributed by atoms with Gasteiger partial charge in [0.1, 0.15) is 5.82 Å². The minimum absolute atomic E-state index is 0.0672. The van der Waals surface area contributed by atoms with E-state index in [0.717, 1.165) is 19.4 Å². The molecule has 4 heterocycles. The first-order chi connectivity index (χ1) is 14.1. The minimum Gasteiger partial charge on any atom is -0.378 e. The van der Waals surface area contributed by atoms with Gasteiger partial charge in [0.15, 0.2) is 5.13 Å². The molecule has 2 saturated heterocycles. The Labute approximate surface area is 173 Å². The van der Waals surface area contributed by atoms with Crippen LogP contribution in [0.1, 0.15) is 40.8 Å². The Morgan fingerprint density at radius 3 is 2.86 bits per heavy atom. The van der Waals surface area contributed by atoms with Crippen molar-refractivity contribution in [3.8, 4) is 0 Å². The van der Waals surface area contributed by atoms with Crippen molar-refractivity contribution in [1.29, 1.82) is 0 Å². The van der Waals surface area contributed by atoms with Gasteiger partial charge in [-0.2, -0.15) is 0 Å². The first-order valence-electron chi connectivity index (χ1n) is 9.76. The maximum atomic E-state index is 13.1. The van der Waals surface area contributed by atoms with Crippen LogP contribution in [0.3, 0.4) is 0 Å². The third kappa shape index (κ3) is 4.60. The molecule has 0 bridgehead atoms. The SMILES string of the molecule is Cc1ncc(C(=O)N2CCOCC2)c([C@H]2CCCN2CC(=O)Nc2nccs2)n1. The summed E-state index contributed by atoms with van der Waals surface area (Å²) in [5.41, 5.74) is 1.24. The Kier molecular flexibility index (Phi) is 6.12. The third-order valence-electron chi connectivity index (χ3n) is 5.17. The van der Waals surface area contributed by atoms with Crippen LogP contribution in [0, 0.1) is 6.92 Å². The molecule has 2 aliphatic rings. The van der Waals surface area contributed by atoms with E-state index in [9.17, 15) is 9.59 Å². The normalized spacial score (nSPS) is 20.0. The van der Waals surface area contributed by atoms with Crippen LogP contribution in [0.15, 0.2) is 17.8 Å². The largest absolute Gasteiger partial charge is 0.378 e. The van der Waals surface area contributed by atoms with E-state index in [-0.39, 0.29) is 24.4 Å². The molecule has 2 amide bonds. The number of hydrogen-bond donors (Lipinski definition) is 1. The number of carbonyl (C=O) groups is 2. The van der Waals surface area contributed by atoms with E-state index < -0.39 is 0 Å². The lowest BCUT2D eigenvalue weighted by Gasteiger charge is -2.29. The zero-order valence-corrected chi connectivity index (χ0v) is 17.2. The summed E-state index contributed by atoms with van der Waals surface area (Å²) in [4.78, 5) is 42.4. The predicted molar refractivity (Wildman–Crippen MR) is 108 cm³/mol. The number of aryl methyl sites for hydroxylation is 1. The summed E-state index contributed by atoms with van der Waals surface area (Å²) in [6, 6.07) is -0.0845. The average molecular weight is 417 g/mol. The van der Waals surface area contributed by atoms with Gasteiger partial charge in [-0.15, -0.1) is 11.3 Å². The second-order valence-corrected chi connectivity index (χ2v) is 8.03. The molecule has 2 fully saturated rings. The number of aromatic nitrogens is 3. The van der Waals surface area contributed by atoms with Crippen LogP contribution >= 0.6 is 11.3 Å². The molecule has 10 heteroatoms. The van der Waals surface area contributed by atoms with Gasteiger partial charge in [-0.1, -0.05) is 0 Å². The molecule has 2 aliphatic heterocycles. The molecule has 0 saturated carbocycles. The number of nitrogens with zero attached hydrogens (tertiary/aromatic N) is 5. The van der Waals surface area contributed by atoms with Crippen LogP contribution in [0.5, 0.6) is 0 Å². The molecule has 9 nitrogen and oxygen atoms in total. The molecule has 0 aromatic carbocycles. The van der Waals surface area contributed by atoms with Gasteiger partial charge in [0, 0.05) is 30.9 Å². The lowest BCUT2D eigenvalue weighted by Crippen LogP contribution is -2.42. The monoisotopic (exact) mass is 416 g/mol. The van der Waals surface area contributed by atoms with Gasteiger partial charge in [-0.05, 0) is 26.3 Å². The molecule has 0 aliphatic carbocycles. The first kappa shape index (κ1) is 19.9. The second-order valence-electron chi connectivity index (χ2n) is 7.13. The van der Waals surface area contributed by atoms with Gasteiger partial charge in [0.2, 0.25) is 5.91 Å². The van der Waals surface area contributed by atoms with E-state index in [4.69, 9.17) is 4.74 Å². The number of carbonyl (C=O) groups excluding carboxylic acids is 2. The molecule has 2 aromatic rings. The summed E-state index contributed by atoms with van der Waals surface area (Å²) in [5, 5.41) is 5.24. The fourth-order valence-corrected chi connectivity index (χ4v) is 4.34. The summed E-state index contributed by atoms with van der Waals surface area (Å²) in [6.45, 7) is 5.05. The van der Waals surface area contributed by atoms with Crippen molar-refractivity contribution in [3.63, 3.8) is 0 Å². The highest BCUT2D eigenvalue weighted by atomic mass is 32.1. The molecule has 0 radical (unpaired) electrons. The van der Waals surface area contributed by atoms with E-state index in [1.165, 1.54) is 11.3 Å². The quantitative estimate of drug-likeness (QED) is 0.788. The number of thiazole rings is 1. The van der Waals surface area contributed by atoms with Crippen LogP contribution in [0.2, 0.25) is 0 Å². The Balaban J connectivity index is 1.53. The number of rotatable bonds is 5. The van der Waals surface area contributed by atoms with Gasteiger partial charge in [0.25, 0.3) is 5.91 Å². The first-order valence-corrected chi connectivity index (χ1v) is 10.6. The topological polar surface area (TPSA) is 101 Å². The van der Waals surface area contributed by atoms with Crippen molar-refractivity contribution in [1.82, 2.24) is 24.8 Å². The van der Waals surface area contributed by atoms with Gasteiger partial charge in [0.05, 0.1) is 37.1 Å². The lowest BCUT2D eigenvalue weighted by atomic mass is 10.0. The van der Waals surface area contributed by atoms with Gasteiger partial charge < -0.3 is 15.0 Å². The van der Waals surface area contributed by atoms with Crippen molar-refractivity contribution >= 4 is 28.3 Å². The molecule has 1 atom stereocenters. The van der Waals surface area contributed by atoms with Crippen LogP contribution in [-0.4, -0.2) is 76.0 Å². The summed E-state index contributed by atoms with van der Waals surface area (Å²) in [7, 11) is 0. The molecule has 0 spiro atoms. The maximum absolute atomic E-state index is 13.1. The molecule has 1 N–H and O–H groups in total. The van der Waals surface area contributed by atoms with Crippen LogP contribution < -0.4 is 5.32 Å². The summed E-state index contributed by atoms with van der Waals surface area (Å²) < 4.78 is 5.36. The van der Waals surface area contributed by atoms with E-state index in [0.29, 0.717) is 48.5 Å². The zero-order chi connectivity index (χ0) is 20.2. The fourth-order valence-electron chi connectivity index (χ4n) is 3.80. The standard InChI is InChI=1S/C19H24N6O3S/c1-13-21-11-14(18(27)24-6-8-28-9-7-24)17(22-13)15-3-2-5-25(15)12-16(26)23-19-20-4-10-29-19/h4,10-11,15H,2-3,5-9,12H2,1H3,(H,20,23,26)/t15-/m1/s1. The smallest absolute Gasteiger partial charge is 0.257 e. The zero-order valence-electron chi connectivity index (χ0n) is 16.3. The predicted octanol–water partition coefficient (Wildman–Crippen LogP) is 1.49. The van der Waals surface area contributed by atoms with E-state index in [1.807, 2.05) is 12.3 Å². The highest BCUT2D eigenvalue weighted by Crippen LogP contribution is 2.33. The van der Waals surface area contributed by atoms with Crippen molar-refractivity contribution in [3.05, 3.63) is 34.9 Å². The van der Waals surface area contributed by atoms with Gasteiger partial charge in [-0.3, -0.25) is 14.5 Å². The van der Waals surface area contributed by atoms with Crippen molar-refractivity contribution < 1.29 is 14.3 Å². The number of ether oxygens (including phenoxy) is 1. The van der Waals surface area contributed by atoms with Crippen LogP contribution in [0.4, 0.5) is 5.13 Å². The summed E-state index contributed by atoms with van der Waals surface area (Å²) in [6.07, 6.45) is 5.08. The minimum atomic E-state index is -0.112. The molecule has 154 valence electrons. The van der Waals surface area contributed by atoms with E-state index in [2.05, 4.69) is 25.2 Å². The molecule has 2 aromatic heterocycles. The molecule has 29 heavy (non-hydrogen) atoms. The van der Waals surface area contributed by atoms with Crippen molar-refractivity contribution in [2.45, 2.75) is 25.8 Å². The molecular weight excluding hydrogens is 392 g/mol. The Bertz CT molecular complexity index is 869. The molecule has 0 unspecified atom stereocenters. The van der Waals surface area contributed by atoms with Gasteiger partial charge in [-0.25, -0.2) is 15.0 Å². The third-order valence-corrected chi connectivity index (χ3v) is 5.86. The highest BCUT2D eigenvalue weighted by molar-refractivity contribution is 7.13. The number of hydrogen-bond acceptors (Lipinski definition) is 8. The fraction of sp³-hybridized carbons (Fsp3) is 0.526. The maximum Gasteiger partial charge on any atom is 0.257 e. The van der Waals surface area contributed by atoms with Crippen LogP contribution in [-0.2, 0) is 9.53 Å². The summed E-state index contributed by atoms with van der Waals surface area (Å²) >= 11 is 1.39. The number of nitrogens with one attached hydrogen (secondary N) is 1. The number of amides is 2. The average Bonchev–Trinajstić information content (AvgIpc) is 3.40. The highest BCUT2D eigenvalue weighted by Gasteiger charge is 2.33. The van der Waals surface area contributed by atoms with E-state index >= 15 is 0 Å². The summed E-state index contributed by atoms with van der Waals surface area (Å²) in [5.74, 6) is 0.443. The Morgan fingerprint density at radius 2 is 2.10 bits per heavy atom. The lowest BCUT2D eigenvalue weighted by molar-refractivity contribution is -0.117. The number of likely N-dealkylation sites (tertiary alicyclic amines) is 1. The van der Waals surface area contributed by atoms with Crippen molar-refractivity contribution in [2.75, 3.05) is 44.7 Å². The Hall–Kier alpha value is -2.43. The van der Waals surface area contributed by atoms with Crippen LogP contribution in [0.25, 0.3) is 0 Å². The Morgan fingerprint density at radius 1 is 1.28 bits per heavy atom. The molecule has 4 rings (SSSR count). The van der Waals surface area contributed by atoms with Crippen molar-refractivity contribution in [2.24, 2.45) is 0 Å². The number of morpholine rings is 1. The van der Waals surface area contributed by atoms with E-state index in [1.54, 1.807) is 17.3 Å².